The Morgan fingerprint density at radius 3 is 2.19 bits per heavy atom. The molecule has 0 aliphatic heterocycles. The molecule has 16 heavy (non-hydrogen) atoms. The van der Waals surface area contributed by atoms with E-state index < -0.39 is 5.54 Å². The predicted octanol–water partition coefficient (Wildman–Crippen LogP) is 2.32. The summed E-state index contributed by atoms with van der Waals surface area (Å²) < 4.78 is 0. The molecule has 0 aromatic rings. The number of nitrogens with one attached hydrogen (secondary N) is 2. The van der Waals surface area contributed by atoms with Gasteiger partial charge in [0.05, 0.1) is 5.54 Å². The number of carbonyl (C=O) groups excluding carboxylic acids is 1. The second-order valence-corrected chi connectivity index (χ2v) is 4.72. The number of rotatable bonds is 8. The van der Waals surface area contributed by atoms with Gasteiger partial charge in [-0.2, -0.15) is 0 Å². The number of carbonyl (C=O) groups is 1. The van der Waals surface area contributed by atoms with Crippen molar-refractivity contribution in [1.82, 2.24) is 10.6 Å². The first-order valence-corrected chi connectivity index (χ1v) is 6.51. The monoisotopic (exact) mass is 228 g/mol. The van der Waals surface area contributed by atoms with E-state index >= 15 is 0 Å². The molecule has 0 aromatic heterocycles. The van der Waals surface area contributed by atoms with Gasteiger partial charge in [-0.3, -0.25) is 4.79 Å². The van der Waals surface area contributed by atoms with Crippen LogP contribution in [0.15, 0.2) is 0 Å². The van der Waals surface area contributed by atoms with Gasteiger partial charge in [-0.05, 0) is 25.8 Å². The lowest BCUT2D eigenvalue weighted by molar-refractivity contribution is -0.127. The number of hydrogen-bond acceptors (Lipinski definition) is 2. The molecule has 0 rings (SSSR count). The van der Waals surface area contributed by atoms with E-state index in [9.17, 15) is 4.79 Å². The summed E-state index contributed by atoms with van der Waals surface area (Å²) in [5.74, 6) is 0.765. The zero-order valence-electron chi connectivity index (χ0n) is 11.5. The van der Waals surface area contributed by atoms with Crippen LogP contribution < -0.4 is 10.6 Å². The maximum absolute atomic E-state index is 11.8. The lowest BCUT2D eigenvalue weighted by Gasteiger charge is -2.30. The average Bonchev–Trinajstić information content (AvgIpc) is 2.29. The third kappa shape index (κ3) is 4.52. The Hall–Kier alpha value is -0.570. The van der Waals surface area contributed by atoms with Gasteiger partial charge in [0.15, 0.2) is 0 Å². The largest absolute Gasteiger partial charge is 0.358 e. The van der Waals surface area contributed by atoms with Crippen LogP contribution in [0.3, 0.4) is 0 Å². The molecule has 0 spiro atoms. The SMILES string of the molecule is CCCC(C)(NCC(CC)CC)C(=O)NC. The van der Waals surface area contributed by atoms with Crippen LogP contribution in [0.25, 0.3) is 0 Å². The molecule has 3 nitrogen and oxygen atoms in total. The van der Waals surface area contributed by atoms with Gasteiger partial charge in [-0.25, -0.2) is 0 Å². The molecule has 0 saturated carbocycles. The van der Waals surface area contributed by atoms with Crippen molar-refractivity contribution < 1.29 is 4.79 Å². The second-order valence-electron chi connectivity index (χ2n) is 4.72. The molecule has 1 amide bonds. The molecule has 0 saturated heterocycles. The fraction of sp³-hybridized carbons (Fsp3) is 0.923. The number of amides is 1. The zero-order chi connectivity index (χ0) is 12.6. The number of hydrogen-bond donors (Lipinski definition) is 2. The topological polar surface area (TPSA) is 41.1 Å². The second kappa shape index (κ2) is 7.66. The van der Waals surface area contributed by atoms with E-state index in [0.29, 0.717) is 5.92 Å². The minimum atomic E-state index is -0.411. The summed E-state index contributed by atoms with van der Waals surface area (Å²) in [4.78, 5) is 11.8. The summed E-state index contributed by atoms with van der Waals surface area (Å²) in [5.41, 5.74) is -0.411. The Balaban J connectivity index is 4.37. The highest BCUT2D eigenvalue weighted by atomic mass is 16.2. The molecule has 0 aliphatic rings. The molecule has 0 aromatic carbocycles. The third-order valence-electron chi connectivity index (χ3n) is 3.41. The summed E-state index contributed by atoms with van der Waals surface area (Å²) >= 11 is 0. The number of likely N-dealkylation sites (N-methyl/N-ethyl adjacent to an activating group) is 1. The van der Waals surface area contributed by atoms with E-state index in [1.807, 2.05) is 6.92 Å². The molecule has 0 radical (unpaired) electrons. The molecule has 0 aliphatic carbocycles. The van der Waals surface area contributed by atoms with Crippen molar-refractivity contribution in [1.29, 1.82) is 0 Å². The smallest absolute Gasteiger partial charge is 0.239 e. The van der Waals surface area contributed by atoms with Gasteiger partial charge in [0, 0.05) is 7.05 Å². The molecule has 2 N–H and O–H groups in total. The normalized spacial score (nSPS) is 14.9. The van der Waals surface area contributed by atoms with Crippen molar-refractivity contribution >= 4 is 5.91 Å². The Morgan fingerprint density at radius 1 is 1.25 bits per heavy atom. The first-order chi connectivity index (χ1) is 7.53. The summed E-state index contributed by atoms with van der Waals surface area (Å²) in [6, 6.07) is 0. The van der Waals surface area contributed by atoms with Crippen LogP contribution in [0, 0.1) is 5.92 Å². The van der Waals surface area contributed by atoms with Gasteiger partial charge >= 0.3 is 0 Å². The van der Waals surface area contributed by atoms with Crippen molar-refractivity contribution in [2.75, 3.05) is 13.6 Å². The lowest BCUT2D eigenvalue weighted by atomic mass is 9.93. The van der Waals surface area contributed by atoms with Gasteiger partial charge in [-0.15, -0.1) is 0 Å². The van der Waals surface area contributed by atoms with E-state index in [1.54, 1.807) is 7.05 Å². The van der Waals surface area contributed by atoms with Gasteiger partial charge < -0.3 is 10.6 Å². The summed E-state index contributed by atoms with van der Waals surface area (Å²) in [6.45, 7) is 9.44. The van der Waals surface area contributed by atoms with Crippen LogP contribution in [0.2, 0.25) is 0 Å². The van der Waals surface area contributed by atoms with E-state index in [2.05, 4.69) is 31.4 Å². The van der Waals surface area contributed by atoms with Gasteiger partial charge in [0.1, 0.15) is 0 Å². The van der Waals surface area contributed by atoms with Crippen LogP contribution >= 0.6 is 0 Å². The highest BCUT2D eigenvalue weighted by molar-refractivity contribution is 5.85. The van der Waals surface area contributed by atoms with Gasteiger partial charge in [0.2, 0.25) is 5.91 Å². The average molecular weight is 228 g/mol. The quantitative estimate of drug-likeness (QED) is 0.669. The van der Waals surface area contributed by atoms with E-state index in [4.69, 9.17) is 0 Å². The van der Waals surface area contributed by atoms with E-state index in [1.165, 1.54) is 12.8 Å². The first-order valence-electron chi connectivity index (χ1n) is 6.51. The van der Waals surface area contributed by atoms with Gasteiger partial charge in [0.25, 0.3) is 0 Å². The minimum absolute atomic E-state index is 0.0975. The first kappa shape index (κ1) is 15.4. The Bertz CT molecular complexity index is 202. The summed E-state index contributed by atoms with van der Waals surface area (Å²) in [6.07, 6.45) is 4.23. The molecule has 96 valence electrons. The molecule has 0 heterocycles. The Labute approximate surface area is 100 Å². The van der Waals surface area contributed by atoms with Crippen LogP contribution in [0.4, 0.5) is 0 Å². The van der Waals surface area contributed by atoms with E-state index in [-0.39, 0.29) is 5.91 Å². The van der Waals surface area contributed by atoms with Crippen LogP contribution in [0.5, 0.6) is 0 Å². The van der Waals surface area contributed by atoms with Crippen molar-refractivity contribution in [2.24, 2.45) is 5.92 Å². The third-order valence-corrected chi connectivity index (χ3v) is 3.41. The van der Waals surface area contributed by atoms with E-state index in [0.717, 1.165) is 19.4 Å². The zero-order valence-corrected chi connectivity index (χ0v) is 11.5. The fourth-order valence-electron chi connectivity index (χ4n) is 2.01. The molecule has 3 heteroatoms. The maximum Gasteiger partial charge on any atom is 0.239 e. The predicted molar refractivity (Wildman–Crippen MR) is 69.5 cm³/mol. The molecule has 0 fully saturated rings. The Morgan fingerprint density at radius 2 is 1.81 bits per heavy atom. The van der Waals surface area contributed by atoms with Crippen LogP contribution in [-0.2, 0) is 4.79 Å². The highest BCUT2D eigenvalue weighted by Gasteiger charge is 2.30. The van der Waals surface area contributed by atoms with Crippen LogP contribution in [-0.4, -0.2) is 25.0 Å². The van der Waals surface area contributed by atoms with Crippen LogP contribution in [0.1, 0.15) is 53.4 Å². The lowest BCUT2D eigenvalue weighted by Crippen LogP contribution is -2.55. The molecular formula is C13H28N2O. The maximum atomic E-state index is 11.8. The molecule has 0 bridgehead atoms. The van der Waals surface area contributed by atoms with Crippen molar-refractivity contribution in [3.8, 4) is 0 Å². The van der Waals surface area contributed by atoms with Crippen molar-refractivity contribution in [3.63, 3.8) is 0 Å². The van der Waals surface area contributed by atoms with Crippen molar-refractivity contribution in [2.45, 2.75) is 58.9 Å². The Kier molecular flexibility index (Phi) is 7.39. The minimum Gasteiger partial charge on any atom is -0.358 e. The standard InChI is InChI=1S/C13H28N2O/c1-6-9-13(4,12(16)14-5)15-10-11(7-2)8-3/h11,15H,6-10H2,1-5H3,(H,14,16). The summed E-state index contributed by atoms with van der Waals surface area (Å²) in [7, 11) is 1.70. The summed E-state index contributed by atoms with van der Waals surface area (Å²) in [5, 5.41) is 6.19. The molecule has 1 unspecified atom stereocenters. The van der Waals surface area contributed by atoms with Gasteiger partial charge in [-0.1, -0.05) is 40.0 Å². The van der Waals surface area contributed by atoms with Crippen molar-refractivity contribution in [3.05, 3.63) is 0 Å². The highest BCUT2D eigenvalue weighted by Crippen LogP contribution is 2.15. The fourth-order valence-corrected chi connectivity index (χ4v) is 2.01. The molecular weight excluding hydrogens is 200 g/mol. The molecule has 1 atom stereocenters.